The minimum atomic E-state index is -1.39. The quantitative estimate of drug-likeness (QED) is 0.410. The lowest BCUT2D eigenvalue weighted by Crippen LogP contribution is -2.31. The average Bonchev–Trinajstić information content (AvgIpc) is 2.84. The first-order chi connectivity index (χ1) is 16.9. The Bertz CT molecular complexity index is 1000. The van der Waals surface area contributed by atoms with Crippen LogP contribution in [0.25, 0.3) is 0 Å². The molecular weight excluding hydrogens is 456 g/mol. The number of aliphatic hydroxyl groups is 2. The van der Waals surface area contributed by atoms with Crippen molar-refractivity contribution in [1.82, 2.24) is 0 Å². The molecule has 6 nitrogen and oxygen atoms in total. The van der Waals surface area contributed by atoms with E-state index in [-0.39, 0.29) is 17.7 Å². The molecule has 1 unspecified atom stereocenters. The maximum atomic E-state index is 12.3. The van der Waals surface area contributed by atoms with E-state index in [1.807, 2.05) is 24.3 Å². The van der Waals surface area contributed by atoms with E-state index in [0.717, 1.165) is 36.8 Å². The first-order valence-electron chi connectivity index (χ1n) is 12.7. The summed E-state index contributed by atoms with van der Waals surface area (Å²) in [4.78, 5) is 24.4. The normalized spacial score (nSPS) is 19.6. The maximum Gasteiger partial charge on any atom is 0.193 e. The van der Waals surface area contributed by atoms with Gasteiger partial charge in [0, 0.05) is 24.8 Å². The Morgan fingerprint density at radius 3 is 1.75 bits per heavy atom. The highest BCUT2D eigenvalue weighted by molar-refractivity contribution is 6.02. The predicted octanol–water partition coefficient (Wildman–Crippen LogP) is 5.30. The molecule has 196 valence electrons. The third-order valence-corrected chi connectivity index (χ3v) is 7.02. The maximum absolute atomic E-state index is 12.3. The Morgan fingerprint density at radius 1 is 0.833 bits per heavy atom. The van der Waals surface area contributed by atoms with E-state index in [1.54, 1.807) is 31.4 Å². The molecule has 0 amide bonds. The third kappa shape index (κ3) is 7.32. The van der Waals surface area contributed by atoms with Crippen LogP contribution in [0, 0.1) is 11.8 Å². The fourth-order valence-electron chi connectivity index (χ4n) is 4.88. The summed E-state index contributed by atoms with van der Waals surface area (Å²) in [6, 6.07) is 14.6. The van der Waals surface area contributed by atoms with Gasteiger partial charge in [-0.25, -0.2) is 0 Å². The molecule has 0 spiro atoms. The van der Waals surface area contributed by atoms with Crippen molar-refractivity contribution in [3.05, 3.63) is 70.8 Å². The molecule has 2 aromatic rings. The number of rotatable bonds is 11. The fraction of sp³-hybridized carbons (Fsp3) is 0.533. The van der Waals surface area contributed by atoms with Crippen LogP contribution in [0.5, 0.6) is 0 Å². The molecule has 1 aliphatic carbocycles. The summed E-state index contributed by atoms with van der Waals surface area (Å²) < 4.78 is 11.8. The molecule has 2 N–H and O–H groups in total. The molecule has 0 heterocycles. The monoisotopic (exact) mass is 496 g/mol. The van der Waals surface area contributed by atoms with Gasteiger partial charge in [-0.3, -0.25) is 9.59 Å². The summed E-state index contributed by atoms with van der Waals surface area (Å²) in [5.41, 5.74) is 0.287. The number of ether oxygens (including phenoxy) is 2. The largest absolute Gasteiger partial charge is 0.382 e. The third-order valence-electron chi connectivity index (χ3n) is 7.02. The van der Waals surface area contributed by atoms with Crippen LogP contribution in [0.2, 0.25) is 0 Å². The molecule has 1 aliphatic rings. The number of hydrogen-bond donors (Lipinski definition) is 2. The van der Waals surface area contributed by atoms with Gasteiger partial charge < -0.3 is 19.7 Å². The Morgan fingerprint density at radius 2 is 1.31 bits per heavy atom. The second-order valence-corrected chi connectivity index (χ2v) is 11.0. The van der Waals surface area contributed by atoms with E-state index in [4.69, 9.17) is 9.47 Å². The van der Waals surface area contributed by atoms with Crippen LogP contribution in [-0.2, 0) is 16.1 Å². The topological polar surface area (TPSA) is 93.1 Å². The lowest BCUT2D eigenvalue weighted by atomic mass is 9.78. The van der Waals surface area contributed by atoms with Crippen molar-refractivity contribution >= 4 is 11.6 Å². The lowest BCUT2D eigenvalue weighted by molar-refractivity contribution is 0.0123. The summed E-state index contributed by atoms with van der Waals surface area (Å²) in [6.07, 6.45) is 4.20. The Balaban J connectivity index is 1.46. The van der Waals surface area contributed by atoms with Crippen LogP contribution in [0.1, 0.15) is 91.3 Å². The zero-order chi connectivity index (χ0) is 26.5. The van der Waals surface area contributed by atoms with Crippen molar-refractivity contribution in [2.45, 2.75) is 77.3 Å². The number of methoxy groups -OCH3 is 1. The summed E-state index contributed by atoms with van der Waals surface area (Å²) in [5.74, 6) is 0.325. The smallest absolute Gasteiger partial charge is 0.193 e. The van der Waals surface area contributed by atoms with Crippen LogP contribution in [0.15, 0.2) is 48.5 Å². The van der Waals surface area contributed by atoms with Crippen LogP contribution < -0.4 is 0 Å². The van der Waals surface area contributed by atoms with Crippen LogP contribution >= 0.6 is 0 Å². The second kappa shape index (κ2) is 11.8. The molecule has 0 radical (unpaired) electrons. The number of Topliss-reactive ketones (excluding diaryl/α,β-unsaturated/α-hetero) is 2. The molecule has 3 rings (SSSR count). The van der Waals surface area contributed by atoms with Gasteiger partial charge in [0.1, 0.15) is 11.2 Å². The highest BCUT2D eigenvalue weighted by Crippen LogP contribution is 2.39. The highest BCUT2D eigenvalue weighted by atomic mass is 16.5. The number of benzene rings is 2. The summed E-state index contributed by atoms with van der Waals surface area (Å²) in [7, 11) is 1.73. The van der Waals surface area contributed by atoms with Gasteiger partial charge >= 0.3 is 0 Å². The molecule has 0 saturated heterocycles. The first kappa shape index (κ1) is 28.2. The number of hydrogen-bond acceptors (Lipinski definition) is 6. The van der Waals surface area contributed by atoms with Gasteiger partial charge in [-0.15, -0.1) is 0 Å². The van der Waals surface area contributed by atoms with Gasteiger partial charge in [0.05, 0.1) is 12.7 Å². The number of carbonyl (C=O) groups excluding carboxylic acids is 2. The van der Waals surface area contributed by atoms with Crippen molar-refractivity contribution in [3.63, 3.8) is 0 Å². The zero-order valence-corrected chi connectivity index (χ0v) is 22.1. The van der Waals surface area contributed by atoms with E-state index in [1.165, 1.54) is 27.7 Å². The van der Waals surface area contributed by atoms with E-state index < -0.39 is 11.2 Å². The minimum Gasteiger partial charge on any atom is -0.382 e. The Labute approximate surface area is 214 Å². The Hall–Kier alpha value is -2.38. The standard InChI is InChI=1S/C30H40O6/c1-29(2,33)27(31)24-12-8-21(9-13-24)19-36-18-20-6-10-22(11-7-20)26(35-5)23-14-16-25(17-15-23)28(32)30(3,4)34/h8-9,12-17,20,22,26,33-34H,6-7,10-11,18-19H2,1-5H3. The van der Waals surface area contributed by atoms with Gasteiger partial charge in [-0.2, -0.15) is 0 Å². The van der Waals surface area contributed by atoms with E-state index in [0.29, 0.717) is 36.2 Å². The molecule has 2 aromatic carbocycles. The van der Waals surface area contributed by atoms with E-state index in [9.17, 15) is 19.8 Å². The van der Waals surface area contributed by atoms with Crippen LogP contribution in [0.4, 0.5) is 0 Å². The molecule has 1 saturated carbocycles. The van der Waals surface area contributed by atoms with E-state index >= 15 is 0 Å². The van der Waals surface area contributed by atoms with Crippen molar-refractivity contribution in [3.8, 4) is 0 Å². The van der Waals surface area contributed by atoms with E-state index in [2.05, 4.69) is 0 Å². The lowest BCUT2D eigenvalue weighted by Gasteiger charge is -2.33. The van der Waals surface area contributed by atoms with Crippen LogP contribution in [-0.4, -0.2) is 46.7 Å². The molecule has 36 heavy (non-hydrogen) atoms. The summed E-state index contributed by atoms with van der Waals surface area (Å²) in [5, 5.41) is 19.9. The van der Waals surface area contributed by atoms with Crippen molar-refractivity contribution in [2.75, 3.05) is 13.7 Å². The number of ketones is 2. The van der Waals surface area contributed by atoms with Crippen molar-refractivity contribution in [2.24, 2.45) is 11.8 Å². The molecule has 1 atom stereocenters. The van der Waals surface area contributed by atoms with Crippen LogP contribution in [0.3, 0.4) is 0 Å². The minimum absolute atomic E-state index is 0.0247. The Kier molecular flexibility index (Phi) is 9.23. The highest BCUT2D eigenvalue weighted by Gasteiger charge is 2.30. The summed E-state index contributed by atoms with van der Waals surface area (Å²) >= 11 is 0. The molecule has 0 bridgehead atoms. The molecule has 0 aromatic heterocycles. The zero-order valence-electron chi connectivity index (χ0n) is 22.1. The average molecular weight is 497 g/mol. The van der Waals surface area contributed by atoms with Crippen molar-refractivity contribution < 1.29 is 29.3 Å². The van der Waals surface area contributed by atoms with Gasteiger partial charge in [0.2, 0.25) is 0 Å². The van der Waals surface area contributed by atoms with Gasteiger partial charge in [-0.05, 0) is 76.3 Å². The molecular formula is C30H40O6. The molecule has 0 aliphatic heterocycles. The van der Waals surface area contributed by atoms with Crippen molar-refractivity contribution in [1.29, 1.82) is 0 Å². The second-order valence-electron chi connectivity index (χ2n) is 11.0. The number of carbonyl (C=O) groups is 2. The van der Waals surface area contributed by atoms with Gasteiger partial charge in [0.15, 0.2) is 11.6 Å². The van der Waals surface area contributed by atoms with Gasteiger partial charge in [0.25, 0.3) is 0 Å². The SMILES string of the molecule is COC(c1ccc(C(=O)C(C)(C)O)cc1)C1CCC(COCc2ccc(C(=O)C(C)(C)O)cc2)CC1. The fourth-order valence-corrected chi connectivity index (χ4v) is 4.88. The predicted molar refractivity (Wildman–Crippen MR) is 139 cm³/mol. The molecule has 1 fully saturated rings. The first-order valence-corrected chi connectivity index (χ1v) is 12.7. The summed E-state index contributed by atoms with van der Waals surface area (Å²) in [6.45, 7) is 7.18. The molecule has 6 heteroatoms. The van der Waals surface area contributed by atoms with Gasteiger partial charge in [-0.1, -0.05) is 48.5 Å².